The molecule has 0 bridgehead atoms. The summed E-state index contributed by atoms with van der Waals surface area (Å²) in [6.07, 6.45) is 4.59. The highest BCUT2D eigenvalue weighted by Crippen LogP contribution is 2.37. The molecular formula is C28H33BrFN5O3. The van der Waals surface area contributed by atoms with Crippen molar-refractivity contribution in [1.82, 2.24) is 21.1 Å². The Kier molecular flexibility index (Phi) is 9.68. The number of aliphatic hydroxyl groups excluding tert-OH is 1. The van der Waals surface area contributed by atoms with E-state index >= 15 is 4.39 Å². The van der Waals surface area contributed by atoms with Gasteiger partial charge in [-0.2, -0.15) is 0 Å². The third-order valence-corrected chi connectivity index (χ3v) is 7.23. The van der Waals surface area contributed by atoms with Crippen molar-refractivity contribution in [3.8, 4) is 0 Å². The monoisotopic (exact) mass is 585 g/mol. The van der Waals surface area contributed by atoms with Crippen molar-refractivity contribution in [2.75, 3.05) is 25.1 Å². The van der Waals surface area contributed by atoms with Gasteiger partial charge in [0.2, 0.25) is 0 Å². The maximum absolute atomic E-state index is 16.7. The molecule has 2 heterocycles. The number of aryl methyl sites for hydroxylation is 1. The van der Waals surface area contributed by atoms with Crippen LogP contribution in [0.25, 0.3) is 0 Å². The predicted molar refractivity (Wildman–Crippen MR) is 148 cm³/mol. The Labute approximate surface area is 230 Å². The number of fused-ring (bicyclic) bond motifs is 1. The minimum atomic E-state index is -0.572. The van der Waals surface area contributed by atoms with Crippen LogP contribution in [-0.4, -0.2) is 41.8 Å². The van der Waals surface area contributed by atoms with E-state index in [-0.39, 0.29) is 42.9 Å². The summed E-state index contributed by atoms with van der Waals surface area (Å²) in [6, 6.07) is 11.4. The van der Waals surface area contributed by atoms with Gasteiger partial charge in [-0.05, 0) is 49.2 Å². The zero-order valence-electron chi connectivity index (χ0n) is 21.5. The van der Waals surface area contributed by atoms with Gasteiger partial charge in [-0.1, -0.05) is 35.0 Å². The van der Waals surface area contributed by atoms with Crippen molar-refractivity contribution in [2.24, 2.45) is 5.92 Å². The molecule has 1 aliphatic heterocycles. The van der Waals surface area contributed by atoms with Crippen molar-refractivity contribution in [1.29, 1.82) is 0 Å². The lowest BCUT2D eigenvalue weighted by Gasteiger charge is -2.26. The average molecular weight is 587 g/mol. The number of amides is 1. The van der Waals surface area contributed by atoms with Crippen LogP contribution in [0.15, 0.2) is 81.5 Å². The average Bonchev–Trinajstić information content (AvgIpc) is 3.14. The minimum Gasteiger partial charge on any atom is -0.394 e. The first kappa shape index (κ1) is 28.0. The molecule has 2 unspecified atom stereocenters. The second-order valence-electron chi connectivity index (χ2n) is 9.30. The third-order valence-electron chi connectivity index (χ3n) is 6.74. The predicted octanol–water partition coefficient (Wildman–Crippen LogP) is 4.16. The van der Waals surface area contributed by atoms with Crippen LogP contribution in [0.1, 0.15) is 31.0 Å². The number of halogens is 2. The smallest absolute Gasteiger partial charge is 0.273 e. The lowest BCUT2D eigenvalue weighted by Crippen LogP contribution is -2.36. The molecule has 8 nitrogen and oxygen atoms in total. The molecule has 2 atom stereocenters. The molecule has 1 aromatic heterocycles. The number of nitrogens with zero attached hydrogens (tertiary/aromatic N) is 1. The van der Waals surface area contributed by atoms with Gasteiger partial charge in [0.1, 0.15) is 0 Å². The van der Waals surface area contributed by atoms with E-state index in [4.69, 9.17) is 9.94 Å². The number of carbonyl (C=O) groups is 1. The Balaban J connectivity index is 1.71. The summed E-state index contributed by atoms with van der Waals surface area (Å²) in [6.45, 7) is 4.82. The quantitative estimate of drug-likeness (QED) is 0.222. The lowest BCUT2D eigenvalue weighted by molar-refractivity contribution is -0.130. The van der Waals surface area contributed by atoms with Crippen LogP contribution >= 0.6 is 15.9 Å². The third kappa shape index (κ3) is 6.68. The van der Waals surface area contributed by atoms with E-state index in [1.165, 1.54) is 0 Å². The van der Waals surface area contributed by atoms with Crippen LogP contribution in [0.3, 0.4) is 0 Å². The Bertz CT molecular complexity index is 1250. The second-order valence-corrected chi connectivity index (χ2v) is 10.2. The number of anilines is 1. The molecule has 2 aliphatic rings. The Morgan fingerprint density at radius 1 is 1.32 bits per heavy atom. The van der Waals surface area contributed by atoms with E-state index in [1.54, 1.807) is 6.20 Å². The van der Waals surface area contributed by atoms with Crippen LogP contribution < -0.4 is 21.4 Å². The van der Waals surface area contributed by atoms with Gasteiger partial charge in [-0.3, -0.25) is 14.6 Å². The number of hydroxylamine groups is 1. The molecule has 1 aliphatic carbocycles. The summed E-state index contributed by atoms with van der Waals surface area (Å²) in [5.74, 6) is -1.26. The van der Waals surface area contributed by atoms with Crippen molar-refractivity contribution in [3.63, 3.8) is 0 Å². The maximum atomic E-state index is 16.7. The van der Waals surface area contributed by atoms with E-state index in [1.807, 2.05) is 56.3 Å². The Morgan fingerprint density at radius 2 is 2.16 bits per heavy atom. The van der Waals surface area contributed by atoms with Crippen LogP contribution in [0.2, 0.25) is 0 Å². The summed E-state index contributed by atoms with van der Waals surface area (Å²) in [4.78, 5) is 22.6. The second kappa shape index (κ2) is 13.1. The number of aromatic nitrogens is 1. The highest BCUT2D eigenvalue weighted by molar-refractivity contribution is 9.10. The molecule has 1 fully saturated rings. The molecule has 1 saturated heterocycles. The first-order valence-corrected chi connectivity index (χ1v) is 13.5. The van der Waals surface area contributed by atoms with Gasteiger partial charge in [0.05, 0.1) is 24.6 Å². The fraction of sp³-hybridized carbons (Fsp3) is 0.357. The Morgan fingerprint density at radius 3 is 2.89 bits per heavy atom. The summed E-state index contributed by atoms with van der Waals surface area (Å²) in [7, 11) is 0. The summed E-state index contributed by atoms with van der Waals surface area (Å²) >= 11 is 3.46. The summed E-state index contributed by atoms with van der Waals surface area (Å²) in [5.41, 5.74) is 6.31. The summed E-state index contributed by atoms with van der Waals surface area (Å²) in [5, 5.41) is 19.2. The topological polar surface area (TPSA) is 108 Å². The van der Waals surface area contributed by atoms with Gasteiger partial charge in [-0.25, -0.2) is 9.87 Å². The zero-order valence-corrected chi connectivity index (χ0v) is 23.1. The minimum absolute atomic E-state index is 0.0184. The number of benzene rings is 1. The van der Waals surface area contributed by atoms with E-state index in [9.17, 15) is 4.79 Å². The fourth-order valence-corrected chi connectivity index (χ4v) is 5.18. The number of hydrogen-bond donors (Lipinski definition) is 5. The van der Waals surface area contributed by atoms with E-state index < -0.39 is 11.7 Å². The molecule has 1 aromatic carbocycles. The van der Waals surface area contributed by atoms with Crippen molar-refractivity contribution >= 4 is 27.5 Å². The first-order chi connectivity index (χ1) is 18.4. The standard InChI is InChI=1S/C28H33BrFN5O3/c1-17-15-19(29)6-8-22(17)34-27-21(28(37)35-38-14-13-36)7-9-24-25(26(27)30)18(2)23(10-12-32-24)33-16-20-5-3-4-11-31-20/h3-6,8-9,11,15,18,23,32-34,36H,7,10,12-14,16H2,1-2H3,(H,35,37). The molecule has 10 heteroatoms. The molecule has 0 saturated carbocycles. The highest BCUT2D eigenvalue weighted by atomic mass is 79.9. The van der Waals surface area contributed by atoms with Crippen LogP contribution in [0.4, 0.5) is 10.1 Å². The number of carbonyl (C=O) groups excluding carboxylic acids is 1. The number of aliphatic hydroxyl groups is 1. The van der Waals surface area contributed by atoms with Crippen molar-refractivity contribution in [3.05, 3.63) is 92.8 Å². The Hall–Kier alpha value is -3.05. The SMILES string of the molecule is Cc1cc(Br)ccc1NC1=C(C(=O)NOCCO)CC=C2NCCC(NCc3ccccn3)C(C)C2=C1F. The van der Waals surface area contributed by atoms with Gasteiger partial charge >= 0.3 is 0 Å². The molecule has 2 aromatic rings. The first-order valence-electron chi connectivity index (χ1n) is 12.7. The van der Waals surface area contributed by atoms with Gasteiger partial charge in [0.15, 0.2) is 5.83 Å². The molecule has 1 amide bonds. The maximum Gasteiger partial charge on any atom is 0.273 e. The molecule has 5 N–H and O–H groups in total. The van der Waals surface area contributed by atoms with Crippen LogP contribution in [0, 0.1) is 12.8 Å². The number of hydrogen-bond acceptors (Lipinski definition) is 7. The number of allylic oxidation sites excluding steroid dienone is 3. The normalized spacial score (nSPS) is 19.7. The van der Waals surface area contributed by atoms with E-state index in [0.29, 0.717) is 30.0 Å². The van der Waals surface area contributed by atoms with Gasteiger partial charge < -0.3 is 21.1 Å². The molecule has 0 spiro atoms. The molecule has 38 heavy (non-hydrogen) atoms. The summed E-state index contributed by atoms with van der Waals surface area (Å²) < 4.78 is 17.6. The molecule has 202 valence electrons. The van der Waals surface area contributed by atoms with E-state index in [0.717, 1.165) is 22.2 Å². The highest BCUT2D eigenvalue weighted by Gasteiger charge is 2.33. The van der Waals surface area contributed by atoms with Crippen LogP contribution in [-0.2, 0) is 16.2 Å². The van der Waals surface area contributed by atoms with Crippen LogP contribution in [0.5, 0.6) is 0 Å². The molecular weight excluding hydrogens is 553 g/mol. The lowest BCUT2D eigenvalue weighted by atomic mass is 9.89. The van der Waals surface area contributed by atoms with Crippen molar-refractivity contribution < 1.29 is 19.1 Å². The molecule has 0 radical (unpaired) electrons. The van der Waals surface area contributed by atoms with Gasteiger partial charge in [0.25, 0.3) is 5.91 Å². The number of nitrogens with one attached hydrogen (secondary N) is 4. The van der Waals surface area contributed by atoms with Gasteiger partial charge in [-0.15, -0.1) is 0 Å². The number of rotatable bonds is 9. The zero-order chi connectivity index (χ0) is 27.1. The molecule has 4 rings (SSSR count). The number of pyridine rings is 1. The fourth-order valence-electron chi connectivity index (χ4n) is 4.71. The van der Waals surface area contributed by atoms with E-state index in [2.05, 4.69) is 42.3 Å². The largest absolute Gasteiger partial charge is 0.394 e. The van der Waals surface area contributed by atoms with Gasteiger partial charge in [0, 0.05) is 64.7 Å². The van der Waals surface area contributed by atoms with Crippen molar-refractivity contribution in [2.45, 2.75) is 39.3 Å².